The number of aromatic amines is 1. The number of nitrogens with zero attached hydrogens (tertiary/aromatic N) is 3. The van der Waals surface area contributed by atoms with Gasteiger partial charge in [-0.1, -0.05) is 36.4 Å². The first kappa shape index (κ1) is 16.5. The van der Waals surface area contributed by atoms with Crippen LogP contribution in [0.25, 0.3) is 17.2 Å². The van der Waals surface area contributed by atoms with Crippen molar-refractivity contribution in [1.29, 1.82) is 0 Å². The molecule has 0 radical (unpaired) electrons. The lowest BCUT2D eigenvalue weighted by atomic mass is 10.2. The summed E-state index contributed by atoms with van der Waals surface area (Å²) in [6, 6.07) is 17.3. The number of carbonyl (C=O) groups is 1. The Balaban J connectivity index is 1.73. The Morgan fingerprint density at radius 1 is 1.11 bits per heavy atom. The minimum Gasteiger partial charge on any atom is -0.497 e. The zero-order valence-corrected chi connectivity index (χ0v) is 14.3. The zero-order valence-electron chi connectivity index (χ0n) is 14.3. The normalized spacial score (nSPS) is 10.7. The highest BCUT2D eigenvalue weighted by Gasteiger charge is 2.14. The van der Waals surface area contributed by atoms with E-state index in [4.69, 9.17) is 4.74 Å². The molecule has 134 valence electrons. The molecule has 27 heavy (non-hydrogen) atoms. The van der Waals surface area contributed by atoms with E-state index in [2.05, 4.69) is 20.4 Å². The number of rotatable bonds is 4. The highest BCUT2D eigenvalue weighted by Crippen LogP contribution is 2.18. The number of hydrogen-bond acceptors (Lipinski definition) is 5. The first-order chi connectivity index (χ1) is 13.1. The lowest BCUT2D eigenvalue weighted by Crippen LogP contribution is -2.18. The first-order valence-electron chi connectivity index (χ1n) is 8.15. The topological polar surface area (TPSA) is 101 Å². The van der Waals surface area contributed by atoms with Crippen molar-refractivity contribution < 1.29 is 9.53 Å². The number of benzene rings is 2. The molecular weight excluding hydrogens is 346 g/mol. The van der Waals surface area contributed by atoms with Crippen LogP contribution in [0.3, 0.4) is 0 Å². The highest BCUT2D eigenvalue weighted by molar-refractivity contribution is 6.04. The average molecular weight is 361 g/mol. The lowest BCUT2D eigenvalue weighted by molar-refractivity contribution is 0.102. The third-order valence-electron chi connectivity index (χ3n) is 3.94. The van der Waals surface area contributed by atoms with Gasteiger partial charge in [-0.25, -0.2) is 0 Å². The maximum atomic E-state index is 12.6. The summed E-state index contributed by atoms with van der Waals surface area (Å²) >= 11 is 0. The van der Waals surface area contributed by atoms with Crippen LogP contribution in [0.1, 0.15) is 10.4 Å². The van der Waals surface area contributed by atoms with E-state index >= 15 is 0 Å². The largest absolute Gasteiger partial charge is 0.497 e. The number of fused-ring (bicyclic) bond motifs is 1. The van der Waals surface area contributed by atoms with Gasteiger partial charge >= 0.3 is 0 Å². The van der Waals surface area contributed by atoms with E-state index in [0.717, 1.165) is 5.56 Å². The number of H-pyrrole nitrogens is 1. The second-order valence-electron chi connectivity index (χ2n) is 5.74. The number of nitrogens with one attached hydrogen (secondary N) is 2. The Labute approximate surface area is 153 Å². The van der Waals surface area contributed by atoms with Gasteiger partial charge in [0.05, 0.1) is 7.11 Å². The second kappa shape index (κ2) is 6.75. The molecule has 0 atom stereocenters. The molecule has 0 aliphatic carbocycles. The number of amides is 1. The number of ether oxygens (including phenoxy) is 1. The predicted octanol–water partition coefficient (Wildman–Crippen LogP) is 2.35. The summed E-state index contributed by atoms with van der Waals surface area (Å²) in [6.07, 6.45) is 0. The monoisotopic (exact) mass is 361 g/mol. The van der Waals surface area contributed by atoms with E-state index in [0.29, 0.717) is 17.1 Å². The molecule has 8 nitrogen and oxygen atoms in total. The van der Waals surface area contributed by atoms with Gasteiger partial charge in [-0.2, -0.15) is 9.50 Å². The summed E-state index contributed by atoms with van der Waals surface area (Å²) in [7, 11) is 1.53. The highest BCUT2D eigenvalue weighted by atomic mass is 16.5. The fraction of sp³-hybridized carbons (Fsp3) is 0.0526. The van der Waals surface area contributed by atoms with Gasteiger partial charge in [0, 0.05) is 17.2 Å². The minimum absolute atomic E-state index is 0.219. The van der Waals surface area contributed by atoms with Crippen LogP contribution < -0.4 is 15.6 Å². The quantitative estimate of drug-likeness (QED) is 0.581. The summed E-state index contributed by atoms with van der Waals surface area (Å²) in [4.78, 5) is 31.5. The van der Waals surface area contributed by atoms with Crippen molar-refractivity contribution in [2.24, 2.45) is 0 Å². The van der Waals surface area contributed by atoms with Crippen molar-refractivity contribution in [2.75, 3.05) is 12.4 Å². The van der Waals surface area contributed by atoms with E-state index in [9.17, 15) is 9.59 Å². The van der Waals surface area contributed by atoms with E-state index < -0.39 is 11.5 Å². The molecule has 1 amide bonds. The van der Waals surface area contributed by atoms with E-state index in [-0.39, 0.29) is 11.6 Å². The van der Waals surface area contributed by atoms with Crippen LogP contribution in [0.4, 0.5) is 5.82 Å². The molecule has 0 aliphatic heterocycles. The van der Waals surface area contributed by atoms with E-state index in [1.165, 1.54) is 17.7 Å². The third-order valence-corrected chi connectivity index (χ3v) is 3.94. The lowest BCUT2D eigenvalue weighted by Gasteiger charge is -2.07. The van der Waals surface area contributed by atoms with Crippen LogP contribution in [0.2, 0.25) is 0 Å². The van der Waals surface area contributed by atoms with Gasteiger partial charge in [0.25, 0.3) is 11.5 Å². The summed E-state index contributed by atoms with van der Waals surface area (Å²) in [5.74, 6) is 1.07. The van der Waals surface area contributed by atoms with Crippen molar-refractivity contribution in [3.63, 3.8) is 0 Å². The van der Waals surface area contributed by atoms with Crippen LogP contribution in [0.5, 0.6) is 5.75 Å². The first-order valence-corrected chi connectivity index (χ1v) is 8.15. The Morgan fingerprint density at radius 2 is 1.93 bits per heavy atom. The molecule has 2 heterocycles. The van der Waals surface area contributed by atoms with Crippen LogP contribution in [0, 0.1) is 0 Å². The summed E-state index contributed by atoms with van der Waals surface area (Å²) in [5, 5.41) is 7.10. The van der Waals surface area contributed by atoms with Crippen LogP contribution in [-0.2, 0) is 0 Å². The maximum Gasteiger partial charge on any atom is 0.256 e. The average Bonchev–Trinajstić information content (AvgIpc) is 3.13. The van der Waals surface area contributed by atoms with Crippen LogP contribution in [-0.4, -0.2) is 32.6 Å². The second-order valence-corrected chi connectivity index (χ2v) is 5.74. The summed E-state index contributed by atoms with van der Waals surface area (Å²) in [6.45, 7) is 0. The van der Waals surface area contributed by atoms with Gasteiger partial charge < -0.3 is 10.1 Å². The Morgan fingerprint density at radius 3 is 2.70 bits per heavy atom. The minimum atomic E-state index is -0.393. The molecule has 0 aliphatic rings. The fourth-order valence-corrected chi connectivity index (χ4v) is 2.64. The van der Waals surface area contributed by atoms with Crippen molar-refractivity contribution >= 4 is 17.5 Å². The van der Waals surface area contributed by atoms with E-state index in [1.807, 2.05) is 30.3 Å². The molecule has 0 saturated carbocycles. The molecule has 4 aromatic rings. The van der Waals surface area contributed by atoms with Crippen LogP contribution >= 0.6 is 0 Å². The predicted molar refractivity (Wildman–Crippen MR) is 100.0 cm³/mol. The molecule has 2 aromatic heterocycles. The molecule has 8 heteroatoms. The van der Waals surface area contributed by atoms with Gasteiger partial charge in [-0.15, -0.1) is 5.10 Å². The summed E-state index contributed by atoms with van der Waals surface area (Å²) in [5.41, 5.74) is 0.800. The Kier molecular flexibility index (Phi) is 4.13. The third kappa shape index (κ3) is 3.28. The smallest absolute Gasteiger partial charge is 0.256 e. The maximum absolute atomic E-state index is 12.6. The molecule has 0 fully saturated rings. The molecule has 0 bridgehead atoms. The summed E-state index contributed by atoms with van der Waals surface area (Å²) < 4.78 is 6.53. The van der Waals surface area contributed by atoms with Gasteiger partial charge in [0.2, 0.25) is 5.78 Å². The molecule has 0 saturated heterocycles. The van der Waals surface area contributed by atoms with Crippen molar-refractivity contribution in [2.45, 2.75) is 0 Å². The standard InChI is InChI=1S/C19H15N5O3/c1-27-14-9-5-8-13(10-14)18(26)20-15-11-16(25)21-19-22-17(23-24(15)19)12-6-3-2-4-7-12/h2-11H,1H3,(H,20,26)(H,21,22,23,25). The zero-order chi connectivity index (χ0) is 18.8. The molecule has 0 unspecified atom stereocenters. The van der Waals surface area contributed by atoms with Crippen molar-refractivity contribution in [3.8, 4) is 17.1 Å². The number of aromatic nitrogens is 4. The van der Waals surface area contributed by atoms with Gasteiger partial charge in [0.1, 0.15) is 11.6 Å². The van der Waals surface area contributed by atoms with Crippen molar-refractivity contribution in [1.82, 2.24) is 19.6 Å². The Bertz CT molecular complexity index is 1180. The fourth-order valence-electron chi connectivity index (χ4n) is 2.64. The number of anilines is 1. The van der Waals surface area contributed by atoms with Crippen LogP contribution in [0.15, 0.2) is 65.5 Å². The van der Waals surface area contributed by atoms with Crippen molar-refractivity contribution in [3.05, 3.63) is 76.6 Å². The molecule has 0 spiro atoms. The molecule has 2 aromatic carbocycles. The van der Waals surface area contributed by atoms with Gasteiger partial charge in [-0.3, -0.25) is 14.6 Å². The number of methoxy groups -OCH3 is 1. The Hall–Kier alpha value is -3.94. The SMILES string of the molecule is COc1cccc(C(=O)Nc2cc(=O)[nH]c3nc(-c4ccccc4)nn23)c1. The van der Waals surface area contributed by atoms with E-state index in [1.54, 1.807) is 24.3 Å². The van der Waals surface area contributed by atoms with Gasteiger partial charge in [-0.05, 0) is 18.2 Å². The molecule has 2 N–H and O–H groups in total. The number of hydrogen-bond donors (Lipinski definition) is 2. The number of carbonyl (C=O) groups excluding carboxylic acids is 1. The van der Waals surface area contributed by atoms with Gasteiger partial charge in [0.15, 0.2) is 5.82 Å². The molecule has 4 rings (SSSR count). The molecular formula is C19H15N5O3.